The highest BCUT2D eigenvalue weighted by molar-refractivity contribution is 5.99. The topological polar surface area (TPSA) is 55.8 Å². The number of carbonyl (C=O) groups excluding carboxylic acids is 2. The maximum atomic E-state index is 12.6. The van der Waals surface area contributed by atoms with Gasteiger partial charge < -0.3 is 14.4 Å². The van der Waals surface area contributed by atoms with Crippen molar-refractivity contribution >= 4 is 11.9 Å². The molecule has 0 N–H and O–H groups in total. The molecule has 1 aliphatic rings. The Labute approximate surface area is 118 Å². The van der Waals surface area contributed by atoms with Gasteiger partial charge in [-0.25, -0.2) is 4.79 Å². The molecule has 1 atom stereocenters. The highest BCUT2D eigenvalue weighted by atomic mass is 16.5. The van der Waals surface area contributed by atoms with E-state index in [1.54, 1.807) is 23.1 Å². The largest absolute Gasteiger partial charge is 0.491 e. The Hall–Kier alpha value is -2.04. The van der Waals surface area contributed by atoms with Gasteiger partial charge in [0.05, 0.1) is 19.2 Å². The summed E-state index contributed by atoms with van der Waals surface area (Å²) < 4.78 is 10.4. The molecule has 1 unspecified atom stereocenters. The van der Waals surface area contributed by atoms with E-state index in [4.69, 9.17) is 9.47 Å². The minimum Gasteiger partial charge on any atom is -0.491 e. The molecule has 0 saturated carbocycles. The van der Waals surface area contributed by atoms with Gasteiger partial charge in [0.15, 0.2) is 0 Å². The van der Waals surface area contributed by atoms with Crippen molar-refractivity contribution in [3.63, 3.8) is 0 Å². The molecule has 1 aromatic rings. The smallest absolute Gasteiger partial charge is 0.328 e. The van der Waals surface area contributed by atoms with Gasteiger partial charge in [0, 0.05) is 0 Å². The van der Waals surface area contributed by atoms with Gasteiger partial charge in [-0.3, -0.25) is 4.79 Å². The second kappa shape index (κ2) is 5.94. The number of benzene rings is 1. The molecule has 1 heterocycles. The van der Waals surface area contributed by atoms with Gasteiger partial charge in [-0.05, 0) is 18.1 Å². The third-order valence-corrected chi connectivity index (χ3v) is 3.38. The van der Waals surface area contributed by atoms with Crippen molar-refractivity contribution in [2.24, 2.45) is 5.92 Å². The van der Waals surface area contributed by atoms with Gasteiger partial charge in [0.1, 0.15) is 18.4 Å². The third-order valence-electron chi connectivity index (χ3n) is 3.38. The number of amides is 1. The van der Waals surface area contributed by atoms with Crippen molar-refractivity contribution < 1.29 is 19.1 Å². The molecule has 0 bridgehead atoms. The van der Waals surface area contributed by atoms with Crippen molar-refractivity contribution in [1.29, 1.82) is 0 Å². The minimum absolute atomic E-state index is 0.0309. The van der Waals surface area contributed by atoms with E-state index < -0.39 is 12.0 Å². The lowest BCUT2D eigenvalue weighted by Gasteiger charge is -2.30. The van der Waals surface area contributed by atoms with Gasteiger partial charge in [-0.2, -0.15) is 0 Å². The molecule has 108 valence electrons. The van der Waals surface area contributed by atoms with Gasteiger partial charge in [0.25, 0.3) is 5.91 Å². The molecular formula is C15H19NO4. The van der Waals surface area contributed by atoms with Crippen LogP contribution in [-0.4, -0.2) is 43.1 Å². The van der Waals surface area contributed by atoms with Gasteiger partial charge >= 0.3 is 5.97 Å². The first-order chi connectivity index (χ1) is 9.56. The molecule has 1 aliphatic heterocycles. The fraction of sp³-hybridized carbons (Fsp3) is 0.467. The van der Waals surface area contributed by atoms with Crippen LogP contribution in [-0.2, 0) is 9.53 Å². The zero-order valence-corrected chi connectivity index (χ0v) is 12.0. The lowest BCUT2D eigenvalue weighted by molar-refractivity contribution is -0.147. The summed E-state index contributed by atoms with van der Waals surface area (Å²) in [5.74, 6) is -0.0565. The number of ether oxygens (including phenoxy) is 2. The number of methoxy groups -OCH3 is 1. The maximum absolute atomic E-state index is 12.6. The normalized spacial score (nSPS) is 16.2. The van der Waals surface area contributed by atoms with Crippen molar-refractivity contribution in [2.75, 3.05) is 20.3 Å². The summed E-state index contributed by atoms with van der Waals surface area (Å²) in [5, 5.41) is 0. The molecule has 1 aromatic carbocycles. The molecule has 0 fully saturated rings. The summed E-state index contributed by atoms with van der Waals surface area (Å²) in [4.78, 5) is 26.2. The fourth-order valence-electron chi connectivity index (χ4n) is 2.42. The van der Waals surface area contributed by atoms with E-state index in [-0.39, 0.29) is 11.8 Å². The molecule has 0 aliphatic carbocycles. The van der Waals surface area contributed by atoms with Crippen LogP contribution < -0.4 is 4.74 Å². The quantitative estimate of drug-likeness (QED) is 0.789. The predicted octanol–water partition coefficient (Wildman–Crippen LogP) is 1.72. The summed E-state index contributed by atoms with van der Waals surface area (Å²) in [6.45, 7) is 4.52. The third kappa shape index (κ3) is 2.61. The van der Waals surface area contributed by atoms with Crippen molar-refractivity contribution in [1.82, 2.24) is 4.90 Å². The molecule has 5 heteroatoms. The number of rotatable bonds is 3. The Morgan fingerprint density at radius 2 is 2.05 bits per heavy atom. The standard InChI is InChI=1S/C15H19NO4/c1-10(2)13(15(18)19-3)16-8-9-20-12-7-5-4-6-11(12)14(16)17/h4-7,10,13H,8-9H2,1-3H3. The minimum atomic E-state index is -0.595. The lowest BCUT2D eigenvalue weighted by Crippen LogP contribution is -2.49. The van der Waals surface area contributed by atoms with Crippen molar-refractivity contribution in [3.8, 4) is 5.75 Å². The van der Waals surface area contributed by atoms with E-state index >= 15 is 0 Å². The fourth-order valence-corrected chi connectivity index (χ4v) is 2.42. The zero-order chi connectivity index (χ0) is 14.7. The molecule has 1 amide bonds. The Kier molecular flexibility index (Phi) is 4.27. The van der Waals surface area contributed by atoms with E-state index in [2.05, 4.69) is 0 Å². The highest BCUT2D eigenvalue weighted by Crippen LogP contribution is 2.25. The summed E-state index contributed by atoms with van der Waals surface area (Å²) in [6, 6.07) is 6.49. The van der Waals surface area contributed by atoms with E-state index in [9.17, 15) is 9.59 Å². The van der Waals surface area contributed by atoms with E-state index in [1.165, 1.54) is 7.11 Å². The molecular weight excluding hydrogens is 258 g/mol. The Morgan fingerprint density at radius 1 is 1.35 bits per heavy atom. The molecule has 0 saturated heterocycles. The Morgan fingerprint density at radius 3 is 2.70 bits per heavy atom. The molecule has 0 spiro atoms. The second-order valence-corrected chi connectivity index (χ2v) is 5.06. The van der Waals surface area contributed by atoms with Crippen molar-refractivity contribution in [3.05, 3.63) is 29.8 Å². The van der Waals surface area contributed by atoms with Gasteiger partial charge in [0.2, 0.25) is 0 Å². The maximum Gasteiger partial charge on any atom is 0.328 e. The number of para-hydroxylation sites is 1. The average Bonchev–Trinajstić information content (AvgIpc) is 2.59. The number of carbonyl (C=O) groups is 2. The van der Waals surface area contributed by atoms with Gasteiger partial charge in [-0.15, -0.1) is 0 Å². The number of nitrogens with zero attached hydrogens (tertiary/aromatic N) is 1. The number of fused-ring (bicyclic) bond motifs is 1. The van der Waals surface area contributed by atoms with Crippen molar-refractivity contribution in [2.45, 2.75) is 19.9 Å². The first kappa shape index (κ1) is 14.4. The molecule has 0 aromatic heterocycles. The molecule has 0 radical (unpaired) electrons. The van der Waals surface area contributed by atoms with E-state index in [0.29, 0.717) is 24.5 Å². The van der Waals surface area contributed by atoms with E-state index in [1.807, 2.05) is 19.9 Å². The van der Waals surface area contributed by atoms with Crippen LogP contribution in [0.1, 0.15) is 24.2 Å². The van der Waals surface area contributed by atoms with Crippen LogP contribution in [0.3, 0.4) is 0 Å². The summed E-state index contributed by atoms with van der Waals surface area (Å²) in [5.41, 5.74) is 0.486. The van der Waals surface area contributed by atoms with Crippen LogP contribution in [0.4, 0.5) is 0 Å². The predicted molar refractivity (Wildman–Crippen MR) is 73.6 cm³/mol. The lowest BCUT2D eigenvalue weighted by atomic mass is 10.0. The molecule has 20 heavy (non-hydrogen) atoms. The monoisotopic (exact) mass is 277 g/mol. The number of hydrogen-bond donors (Lipinski definition) is 0. The van der Waals surface area contributed by atoms with Crippen LogP contribution in [0.2, 0.25) is 0 Å². The van der Waals surface area contributed by atoms with E-state index in [0.717, 1.165) is 0 Å². The summed E-state index contributed by atoms with van der Waals surface area (Å²) in [6.07, 6.45) is 0. The SMILES string of the molecule is COC(=O)C(C(C)C)N1CCOc2ccccc2C1=O. The van der Waals surface area contributed by atoms with Crippen LogP contribution in [0, 0.1) is 5.92 Å². The first-order valence-electron chi connectivity index (χ1n) is 6.67. The first-order valence-corrected chi connectivity index (χ1v) is 6.67. The van der Waals surface area contributed by atoms with Crippen LogP contribution >= 0.6 is 0 Å². The summed E-state index contributed by atoms with van der Waals surface area (Å²) in [7, 11) is 1.34. The highest BCUT2D eigenvalue weighted by Gasteiger charge is 2.35. The zero-order valence-electron chi connectivity index (χ0n) is 12.0. The van der Waals surface area contributed by atoms with Crippen LogP contribution in [0.25, 0.3) is 0 Å². The molecule has 2 rings (SSSR count). The molecule has 5 nitrogen and oxygen atoms in total. The number of hydrogen-bond acceptors (Lipinski definition) is 4. The van der Waals surface area contributed by atoms with Gasteiger partial charge in [-0.1, -0.05) is 26.0 Å². The van der Waals surface area contributed by atoms with Crippen LogP contribution in [0.5, 0.6) is 5.75 Å². The average molecular weight is 277 g/mol. The summed E-state index contributed by atoms with van der Waals surface area (Å²) >= 11 is 0. The van der Waals surface area contributed by atoms with Crippen LogP contribution in [0.15, 0.2) is 24.3 Å². The Bertz CT molecular complexity index is 512. The number of esters is 1. The second-order valence-electron chi connectivity index (χ2n) is 5.06. The Balaban J connectivity index is 2.37.